The maximum absolute atomic E-state index is 5.99. The zero-order chi connectivity index (χ0) is 20.8. The van der Waals surface area contributed by atoms with Gasteiger partial charge in [-0.15, -0.1) is 0 Å². The summed E-state index contributed by atoms with van der Waals surface area (Å²) < 4.78 is 13.4. The molecule has 0 aromatic carbocycles. The van der Waals surface area contributed by atoms with E-state index in [0.29, 0.717) is 31.3 Å². The van der Waals surface area contributed by atoms with Crippen LogP contribution >= 0.6 is 0 Å². The first-order valence-corrected chi connectivity index (χ1v) is 9.29. The van der Waals surface area contributed by atoms with Crippen LogP contribution in [0.1, 0.15) is 12.1 Å². The second-order valence-corrected chi connectivity index (χ2v) is 6.40. The fraction of sp³-hybridized carbons (Fsp3) is 0.227. The van der Waals surface area contributed by atoms with Crippen LogP contribution in [0.3, 0.4) is 0 Å². The molecule has 0 saturated carbocycles. The minimum Gasteiger partial charge on any atom is -0.493 e. The highest BCUT2D eigenvalue weighted by atomic mass is 16.5. The number of aromatic amines is 1. The van der Waals surface area contributed by atoms with Crippen molar-refractivity contribution >= 4 is 10.9 Å². The molecule has 1 N–H and O–H groups in total. The van der Waals surface area contributed by atoms with Gasteiger partial charge in [-0.05, 0) is 19.1 Å². The van der Waals surface area contributed by atoms with Crippen LogP contribution in [0.15, 0.2) is 67.8 Å². The molecular weight excluding hydrogens is 366 g/mol. The summed E-state index contributed by atoms with van der Waals surface area (Å²) in [5.74, 6) is 1.32. The van der Waals surface area contributed by atoms with Gasteiger partial charge in [-0.2, -0.15) is 10.2 Å². The van der Waals surface area contributed by atoms with Gasteiger partial charge in [0.2, 0.25) is 5.88 Å². The minimum atomic E-state index is 0.474. The Morgan fingerprint density at radius 2 is 1.97 bits per heavy atom. The van der Waals surface area contributed by atoms with Gasteiger partial charge in [0, 0.05) is 30.1 Å². The normalized spacial score (nSPS) is 10.6. The maximum Gasteiger partial charge on any atom is 0.221 e. The van der Waals surface area contributed by atoms with Gasteiger partial charge in [-0.1, -0.05) is 31.9 Å². The van der Waals surface area contributed by atoms with Crippen molar-refractivity contribution in [2.24, 2.45) is 7.05 Å². The number of H-pyrrole nitrogens is 1. The van der Waals surface area contributed by atoms with E-state index in [4.69, 9.17) is 9.47 Å². The van der Waals surface area contributed by atoms with Crippen molar-refractivity contribution in [1.82, 2.24) is 25.0 Å². The molecule has 0 atom stereocenters. The summed E-state index contributed by atoms with van der Waals surface area (Å²) in [6.45, 7) is 14.2. The van der Waals surface area contributed by atoms with Gasteiger partial charge >= 0.3 is 0 Å². The lowest BCUT2D eigenvalue weighted by atomic mass is 10.1. The number of hydrogen-bond donors (Lipinski definition) is 1. The van der Waals surface area contributed by atoms with Crippen LogP contribution in [0.5, 0.6) is 5.88 Å². The van der Waals surface area contributed by atoms with Crippen LogP contribution in [0.2, 0.25) is 0 Å². The Labute approximate surface area is 170 Å². The Kier molecular flexibility index (Phi) is 6.29. The molecule has 3 aromatic heterocycles. The van der Waals surface area contributed by atoms with Gasteiger partial charge in [0.25, 0.3) is 0 Å². The molecule has 0 fully saturated rings. The van der Waals surface area contributed by atoms with E-state index in [0.717, 1.165) is 33.4 Å². The second-order valence-electron chi connectivity index (χ2n) is 6.40. The summed E-state index contributed by atoms with van der Waals surface area (Å²) in [6.07, 6.45) is 9.23. The number of allylic oxidation sites excluding steroid dienone is 4. The topological polar surface area (TPSA) is 77.8 Å². The second kappa shape index (κ2) is 9.05. The third-order valence-corrected chi connectivity index (χ3v) is 4.49. The molecule has 0 amide bonds. The molecular formula is C22H25N5O2. The Hall–Kier alpha value is -3.61. The number of nitrogens with zero attached hydrogens (tertiary/aromatic N) is 4. The average molecular weight is 391 g/mol. The van der Waals surface area contributed by atoms with Crippen molar-refractivity contribution in [2.45, 2.75) is 13.3 Å². The summed E-state index contributed by atoms with van der Waals surface area (Å²) in [4.78, 5) is 4.50. The number of nitrogens with one attached hydrogen (secondary N) is 1. The van der Waals surface area contributed by atoms with Gasteiger partial charge in [-0.25, -0.2) is 4.68 Å². The van der Waals surface area contributed by atoms with Gasteiger partial charge in [0.15, 0.2) is 0 Å². The van der Waals surface area contributed by atoms with E-state index in [1.54, 1.807) is 35.3 Å². The zero-order valence-electron chi connectivity index (χ0n) is 16.8. The van der Waals surface area contributed by atoms with Gasteiger partial charge in [0.1, 0.15) is 11.3 Å². The summed E-state index contributed by atoms with van der Waals surface area (Å²) >= 11 is 0. The van der Waals surface area contributed by atoms with Crippen molar-refractivity contribution in [1.29, 1.82) is 0 Å². The highest BCUT2D eigenvalue weighted by Crippen LogP contribution is 2.30. The van der Waals surface area contributed by atoms with Crippen molar-refractivity contribution < 1.29 is 9.47 Å². The van der Waals surface area contributed by atoms with E-state index < -0.39 is 0 Å². The van der Waals surface area contributed by atoms with Crippen LogP contribution in [0, 0.1) is 6.92 Å². The Balaban J connectivity index is 1.66. The lowest BCUT2D eigenvalue weighted by Crippen LogP contribution is -2.06. The first-order chi connectivity index (χ1) is 14.1. The highest BCUT2D eigenvalue weighted by molar-refractivity contribution is 5.84. The lowest BCUT2D eigenvalue weighted by Gasteiger charge is -2.11. The molecule has 3 heterocycles. The molecule has 0 unspecified atom stereocenters. The fourth-order valence-electron chi connectivity index (χ4n) is 2.92. The van der Waals surface area contributed by atoms with E-state index in [9.17, 15) is 0 Å². The van der Waals surface area contributed by atoms with E-state index >= 15 is 0 Å². The summed E-state index contributed by atoms with van der Waals surface area (Å²) in [7, 11) is 1.84. The first-order valence-electron chi connectivity index (χ1n) is 9.29. The highest BCUT2D eigenvalue weighted by Gasteiger charge is 2.15. The smallest absolute Gasteiger partial charge is 0.221 e. The molecule has 0 bridgehead atoms. The molecule has 3 aromatic rings. The van der Waals surface area contributed by atoms with Crippen molar-refractivity contribution in [2.75, 3.05) is 13.2 Å². The number of fused-ring (bicyclic) bond motifs is 1. The molecule has 0 saturated heterocycles. The zero-order valence-corrected chi connectivity index (χ0v) is 16.8. The van der Waals surface area contributed by atoms with Gasteiger partial charge in [-0.3, -0.25) is 10.1 Å². The molecule has 7 nitrogen and oxygen atoms in total. The molecule has 0 aliphatic rings. The number of aromatic nitrogens is 5. The van der Waals surface area contributed by atoms with Crippen LogP contribution in [0.25, 0.3) is 22.2 Å². The Bertz CT molecular complexity index is 1060. The largest absolute Gasteiger partial charge is 0.493 e. The lowest BCUT2D eigenvalue weighted by molar-refractivity contribution is 0.186. The van der Waals surface area contributed by atoms with Gasteiger partial charge < -0.3 is 9.47 Å². The third-order valence-electron chi connectivity index (χ3n) is 4.49. The van der Waals surface area contributed by atoms with E-state index in [1.165, 1.54) is 0 Å². The summed E-state index contributed by atoms with van der Waals surface area (Å²) in [6, 6.07) is 1.99. The van der Waals surface area contributed by atoms with Crippen LogP contribution in [-0.4, -0.2) is 38.2 Å². The summed E-state index contributed by atoms with van der Waals surface area (Å²) in [5.41, 5.74) is 4.27. The van der Waals surface area contributed by atoms with Gasteiger partial charge in [0.05, 0.1) is 36.9 Å². The monoisotopic (exact) mass is 391 g/mol. The maximum atomic E-state index is 5.99. The predicted octanol–water partition coefficient (Wildman–Crippen LogP) is 4.26. The van der Waals surface area contributed by atoms with Crippen LogP contribution in [-0.2, 0) is 11.8 Å². The minimum absolute atomic E-state index is 0.474. The van der Waals surface area contributed by atoms with E-state index in [-0.39, 0.29) is 0 Å². The van der Waals surface area contributed by atoms with Crippen molar-refractivity contribution in [3.05, 3.63) is 73.5 Å². The Morgan fingerprint density at radius 1 is 1.17 bits per heavy atom. The average Bonchev–Trinajstić information content (AvgIpc) is 3.29. The number of pyridine rings is 1. The quantitative estimate of drug-likeness (QED) is 0.317. The van der Waals surface area contributed by atoms with E-state index in [2.05, 4.69) is 40.0 Å². The van der Waals surface area contributed by atoms with E-state index in [1.807, 2.05) is 20.0 Å². The molecule has 0 spiro atoms. The third kappa shape index (κ3) is 4.29. The molecule has 29 heavy (non-hydrogen) atoms. The van der Waals surface area contributed by atoms with Crippen molar-refractivity contribution in [3.8, 4) is 17.1 Å². The SMILES string of the molecule is C=CC(C=C)=C(C=C)OCCCOc1c(-c2cc3c(C)[nH]nc3cn2)cnn1C. The molecule has 0 radical (unpaired) electrons. The van der Waals surface area contributed by atoms with Crippen LogP contribution < -0.4 is 4.74 Å². The fourth-order valence-corrected chi connectivity index (χ4v) is 2.92. The summed E-state index contributed by atoms with van der Waals surface area (Å²) in [5, 5.41) is 12.5. The van der Waals surface area contributed by atoms with Crippen LogP contribution in [0.4, 0.5) is 0 Å². The first kappa shape index (κ1) is 20.1. The molecule has 3 rings (SSSR count). The molecule has 150 valence electrons. The number of hydrogen-bond acceptors (Lipinski definition) is 5. The molecule has 0 aliphatic carbocycles. The standard InChI is InChI=1S/C22H25N5O2/c1-6-16(7-2)21(8-3)28-10-9-11-29-22-18(13-24-27(22)5)19-12-17-15(4)25-26-20(17)14-23-19/h6-8,12-14H,1-3,9-11H2,4-5H3,(H,25,26). The number of ether oxygens (including phenoxy) is 2. The molecule has 0 aliphatic heterocycles. The Morgan fingerprint density at radius 3 is 2.69 bits per heavy atom. The number of aryl methyl sites for hydroxylation is 2. The molecule has 7 heteroatoms. The predicted molar refractivity (Wildman–Crippen MR) is 115 cm³/mol. The number of rotatable bonds is 10. The van der Waals surface area contributed by atoms with Crippen molar-refractivity contribution in [3.63, 3.8) is 0 Å².